The van der Waals surface area contributed by atoms with Crippen molar-refractivity contribution in [1.82, 2.24) is 0 Å². The highest BCUT2D eigenvalue weighted by atomic mass is 32.1. The summed E-state index contributed by atoms with van der Waals surface area (Å²) in [4.78, 5) is 28.6. The zero-order valence-electron chi connectivity index (χ0n) is 18.7. The van der Waals surface area contributed by atoms with E-state index in [0.717, 1.165) is 61.8 Å². The second-order valence-corrected chi connectivity index (χ2v) is 10.9. The van der Waals surface area contributed by atoms with Crippen LogP contribution in [0.2, 0.25) is 0 Å². The van der Waals surface area contributed by atoms with E-state index in [4.69, 9.17) is 0 Å². The van der Waals surface area contributed by atoms with Crippen LogP contribution in [0.15, 0.2) is 12.1 Å². The number of aromatic carboxylic acids is 1. The van der Waals surface area contributed by atoms with Crippen LogP contribution in [0.4, 0.5) is 14.5 Å². The van der Waals surface area contributed by atoms with E-state index in [-0.39, 0.29) is 48.4 Å². The maximum atomic E-state index is 13.9. The summed E-state index contributed by atoms with van der Waals surface area (Å²) in [6.07, 6.45) is 9.66. The van der Waals surface area contributed by atoms with Crippen molar-refractivity contribution in [2.24, 2.45) is 11.8 Å². The number of carbonyl (C=O) groups excluding carboxylic acids is 1. The maximum Gasteiger partial charge on any atom is 0.348 e. The average molecular weight is 466 g/mol. The van der Waals surface area contributed by atoms with Crippen molar-refractivity contribution in [3.8, 4) is 0 Å². The molecule has 1 aromatic heterocycles. The van der Waals surface area contributed by atoms with Gasteiger partial charge in [-0.3, -0.25) is 4.79 Å². The van der Waals surface area contributed by atoms with E-state index in [1.165, 1.54) is 11.3 Å². The Hall–Kier alpha value is -1.76. The first kappa shape index (κ1) is 23.4. The largest absolute Gasteiger partial charge is 0.477 e. The molecule has 3 aliphatic rings. The SMILES string of the molecule is CC1CCC(C(=O)N(c2cc(C3=CCCCC3)sc2C(=O)O)C2CCC(F)(F)CC2)CC1. The monoisotopic (exact) mass is 465 g/mol. The summed E-state index contributed by atoms with van der Waals surface area (Å²) in [5.41, 5.74) is 1.56. The maximum absolute atomic E-state index is 13.9. The molecule has 2 saturated carbocycles. The number of anilines is 1. The van der Waals surface area contributed by atoms with Crippen LogP contribution in [0.5, 0.6) is 0 Å². The van der Waals surface area contributed by atoms with Crippen LogP contribution in [0.3, 0.4) is 0 Å². The van der Waals surface area contributed by atoms with Gasteiger partial charge in [-0.05, 0) is 81.8 Å². The predicted octanol–water partition coefficient (Wildman–Crippen LogP) is 7.14. The Morgan fingerprint density at radius 3 is 2.38 bits per heavy atom. The van der Waals surface area contributed by atoms with E-state index in [1.54, 1.807) is 4.90 Å². The van der Waals surface area contributed by atoms with E-state index in [9.17, 15) is 23.5 Å². The molecule has 4 rings (SSSR count). The van der Waals surface area contributed by atoms with Gasteiger partial charge in [0.2, 0.25) is 11.8 Å². The minimum Gasteiger partial charge on any atom is -0.477 e. The van der Waals surface area contributed by atoms with E-state index in [2.05, 4.69) is 13.0 Å². The number of halogens is 2. The van der Waals surface area contributed by atoms with Gasteiger partial charge in [0.25, 0.3) is 0 Å². The molecule has 1 N–H and O–H groups in total. The first-order valence-corrected chi connectivity index (χ1v) is 12.8. The molecule has 1 amide bonds. The lowest BCUT2D eigenvalue weighted by atomic mass is 9.81. The van der Waals surface area contributed by atoms with Gasteiger partial charge < -0.3 is 10.0 Å². The Morgan fingerprint density at radius 1 is 1.09 bits per heavy atom. The third kappa shape index (κ3) is 5.08. The fraction of sp³-hybridized carbons (Fsp3) is 0.680. The van der Waals surface area contributed by atoms with Gasteiger partial charge in [0.05, 0.1) is 5.69 Å². The Balaban J connectivity index is 1.70. The summed E-state index contributed by atoms with van der Waals surface area (Å²) in [6, 6.07) is 1.48. The number of carboxylic acids is 1. The topological polar surface area (TPSA) is 57.6 Å². The van der Waals surface area contributed by atoms with Gasteiger partial charge >= 0.3 is 5.97 Å². The fourth-order valence-corrected chi connectivity index (χ4v) is 6.47. The number of hydrogen-bond acceptors (Lipinski definition) is 3. The third-order valence-corrected chi connectivity index (χ3v) is 8.62. The molecule has 0 saturated heterocycles. The minimum atomic E-state index is -2.70. The lowest BCUT2D eigenvalue weighted by Gasteiger charge is -2.39. The first-order chi connectivity index (χ1) is 15.2. The predicted molar refractivity (Wildman–Crippen MR) is 124 cm³/mol. The fourth-order valence-electron chi connectivity index (χ4n) is 5.42. The quantitative estimate of drug-likeness (QED) is 0.503. The highest BCUT2D eigenvalue weighted by Crippen LogP contribution is 2.43. The average Bonchev–Trinajstić information content (AvgIpc) is 3.21. The number of amides is 1. The van der Waals surface area contributed by atoms with Crippen LogP contribution in [0.1, 0.15) is 98.5 Å². The standard InChI is InChI=1S/C25H33F2NO3S/c1-16-7-9-18(10-8-16)23(29)28(19-11-13-25(26,27)14-12-19)20-15-21(32-22(20)24(30)31)17-5-3-2-4-6-17/h5,15-16,18-19H,2-4,6-14H2,1H3,(H,30,31). The van der Waals surface area contributed by atoms with Gasteiger partial charge in [0.15, 0.2) is 0 Å². The van der Waals surface area contributed by atoms with Crippen molar-refractivity contribution in [2.75, 3.05) is 4.90 Å². The summed E-state index contributed by atoms with van der Waals surface area (Å²) in [7, 11) is 0. The Morgan fingerprint density at radius 2 is 1.78 bits per heavy atom. The van der Waals surface area contributed by atoms with Crippen LogP contribution in [-0.4, -0.2) is 28.9 Å². The molecule has 1 aromatic rings. The number of carboxylic acid groups (broad SMARTS) is 1. The zero-order chi connectivity index (χ0) is 22.9. The molecular weight excluding hydrogens is 432 g/mol. The Bertz CT molecular complexity index is 876. The van der Waals surface area contributed by atoms with E-state index >= 15 is 0 Å². The first-order valence-electron chi connectivity index (χ1n) is 12.0. The molecule has 3 aliphatic carbocycles. The Labute approximate surface area is 192 Å². The number of hydrogen-bond donors (Lipinski definition) is 1. The van der Waals surface area contributed by atoms with Gasteiger partial charge in [-0.15, -0.1) is 11.3 Å². The lowest BCUT2D eigenvalue weighted by molar-refractivity contribution is -0.124. The zero-order valence-corrected chi connectivity index (χ0v) is 19.6. The molecule has 0 aliphatic heterocycles. The molecule has 176 valence electrons. The van der Waals surface area contributed by atoms with E-state index in [1.807, 2.05) is 6.07 Å². The third-order valence-electron chi connectivity index (χ3n) is 7.43. The van der Waals surface area contributed by atoms with Gasteiger partial charge in [-0.1, -0.05) is 13.0 Å². The molecule has 2 fully saturated rings. The van der Waals surface area contributed by atoms with Crippen molar-refractivity contribution in [3.63, 3.8) is 0 Å². The highest BCUT2D eigenvalue weighted by Gasteiger charge is 2.42. The highest BCUT2D eigenvalue weighted by molar-refractivity contribution is 7.15. The summed E-state index contributed by atoms with van der Waals surface area (Å²) in [5, 5.41) is 9.97. The summed E-state index contributed by atoms with van der Waals surface area (Å²) in [6.45, 7) is 2.19. The number of nitrogens with zero attached hydrogens (tertiary/aromatic N) is 1. The molecule has 0 radical (unpaired) electrons. The molecule has 0 bridgehead atoms. The molecule has 0 unspecified atom stereocenters. The summed E-state index contributed by atoms with van der Waals surface area (Å²) >= 11 is 1.22. The molecule has 7 heteroatoms. The van der Waals surface area contributed by atoms with Crippen LogP contribution in [-0.2, 0) is 4.79 Å². The molecule has 32 heavy (non-hydrogen) atoms. The smallest absolute Gasteiger partial charge is 0.348 e. The minimum absolute atomic E-state index is 0.0726. The summed E-state index contributed by atoms with van der Waals surface area (Å²) < 4.78 is 27.8. The number of carbonyl (C=O) groups is 2. The van der Waals surface area contributed by atoms with E-state index in [0.29, 0.717) is 11.6 Å². The van der Waals surface area contributed by atoms with Crippen molar-refractivity contribution < 1.29 is 23.5 Å². The van der Waals surface area contributed by atoms with Gasteiger partial charge in [0.1, 0.15) is 4.88 Å². The molecule has 0 spiro atoms. The molecule has 0 aromatic carbocycles. The van der Waals surface area contributed by atoms with Crippen LogP contribution in [0.25, 0.3) is 5.57 Å². The van der Waals surface area contributed by atoms with Gasteiger partial charge in [-0.25, -0.2) is 13.6 Å². The van der Waals surface area contributed by atoms with Crippen molar-refractivity contribution in [2.45, 2.75) is 95.9 Å². The van der Waals surface area contributed by atoms with E-state index < -0.39 is 11.9 Å². The van der Waals surface area contributed by atoms with Gasteiger partial charge in [-0.2, -0.15) is 0 Å². The number of allylic oxidation sites excluding steroid dienone is 2. The van der Waals surface area contributed by atoms with Gasteiger partial charge in [0, 0.05) is 29.7 Å². The number of rotatable bonds is 5. The normalized spacial score (nSPS) is 26.4. The van der Waals surface area contributed by atoms with Crippen molar-refractivity contribution in [1.29, 1.82) is 0 Å². The molecule has 1 heterocycles. The molecule has 4 nitrogen and oxygen atoms in total. The second-order valence-electron chi connectivity index (χ2n) is 9.86. The van der Waals surface area contributed by atoms with Crippen molar-refractivity contribution in [3.05, 3.63) is 21.9 Å². The molecule has 0 atom stereocenters. The molecular formula is C25H33F2NO3S. The van der Waals surface area contributed by atoms with Crippen molar-refractivity contribution >= 4 is 34.5 Å². The number of thiophene rings is 1. The number of alkyl halides is 2. The summed E-state index contributed by atoms with van der Waals surface area (Å²) in [5.74, 6) is -3.40. The second kappa shape index (κ2) is 9.62. The van der Waals surface area contributed by atoms with Crippen LogP contribution < -0.4 is 4.90 Å². The Kier molecular flexibility index (Phi) is 7.03. The van der Waals surface area contributed by atoms with Crippen LogP contribution >= 0.6 is 11.3 Å². The lowest BCUT2D eigenvalue weighted by Crippen LogP contribution is -2.47. The van der Waals surface area contributed by atoms with Crippen LogP contribution in [0, 0.1) is 11.8 Å².